The summed E-state index contributed by atoms with van der Waals surface area (Å²) >= 11 is 14.0. The molecule has 0 atom stereocenters. The van der Waals surface area contributed by atoms with Crippen LogP contribution in [-0.2, 0) is 16.5 Å². The van der Waals surface area contributed by atoms with Crippen molar-refractivity contribution in [2.24, 2.45) is 0 Å². The van der Waals surface area contributed by atoms with Crippen molar-refractivity contribution in [1.82, 2.24) is 0 Å². The van der Waals surface area contributed by atoms with Gasteiger partial charge in [0.25, 0.3) is 15.3 Å². The number of hydrogen-bond donors (Lipinski definition) is 0. The fourth-order valence-corrected chi connectivity index (χ4v) is 32.5. The van der Waals surface area contributed by atoms with Gasteiger partial charge in [-0.05, 0) is 24.2 Å². The SMILES string of the molecule is Cl[Si]1(O[Si]2(O[Si]3(O[Si]4(O[Si]5(Cl)CC=CC5)CC=CC4)CC=CC3)CC=CC2)CC=CC1. The highest BCUT2D eigenvalue weighted by Crippen LogP contribution is 2.45. The molecule has 5 heterocycles. The third kappa shape index (κ3) is 5.02. The zero-order chi connectivity index (χ0) is 21.5. The molecule has 0 bridgehead atoms. The maximum absolute atomic E-state index is 7.17. The van der Waals surface area contributed by atoms with Crippen LogP contribution in [0.25, 0.3) is 0 Å². The first kappa shape index (κ1) is 23.0. The van der Waals surface area contributed by atoms with Crippen molar-refractivity contribution in [2.75, 3.05) is 0 Å². The van der Waals surface area contributed by atoms with Crippen molar-refractivity contribution >= 4 is 63.1 Å². The average Bonchev–Trinajstić information content (AvgIpc) is 3.51. The molecule has 0 spiro atoms. The molecule has 0 saturated carbocycles. The van der Waals surface area contributed by atoms with Gasteiger partial charge in [0.15, 0.2) is 0 Å². The lowest BCUT2D eigenvalue weighted by atomic mass is 10.6. The Kier molecular flexibility index (Phi) is 6.50. The van der Waals surface area contributed by atoms with Gasteiger partial charge in [-0.25, -0.2) is 0 Å². The van der Waals surface area contributed by atoms with Crippen molar-refractivity contribution in [3.63, 3.8) is 0 Å². The van der Waals surface area contributed by atoms with E-state index < -0.39 is 40.9 Å². The van der Waals surface area contributed by atoms with Crippen molar-refractivity contribution in [1.29, 1.82) is 0 Å². The molecule has 4 nitrogen and oxygen atoms in total. The van der Waals surface area contributed by atoms with Gasteiger partial charge < -0.3 is 16.5 Å². The van der Waals surface area contributed by atoms with E-state index in [-0.39, 0.29) is 0 Å². The fourth-order valence-electron chi connectivity index (χ4n) is 5.11. The van der Waals surface area contributed by atoms with Crippen LogP contribution in [0.1, 0.15) is 0 Å². The van der Waals surface area contributed by atoms with E-state index in [0.717, 1.165) is 60.4 Å². The van der Waals surface area contributed by atoms with Crippen LogP contribution < -0.4 is 0 Å². The standard InChI is InChI=1S/C20H30Cl2O4Si5/c21-27(11-1-2-12-27)23-29(15-5-6-16-29)25-31(19-9-10-20-31)26-30(17-7-8-18-30)24-28(22)13-3-4-14-28/h1-10H,11-20H2. The van der Waals surface area contributed by atoms with Crippen LogP contribution in [0.2, 0.25) is 60.4 Å². The smallest absolute Gasteiger partial charge is 0.328 e. The van der Waals surface area contributed by atoms with E-state index in [9.17, 15) is 0 Å². The van der Waals surface area contributed by atoms with E-state index in [4.69, 9.17) is 38.6 Å². The van der Waals surface area contributed by atoms with Crippen LogP contribution in [0.15, 0.2) is 60.8 Å². The van der Waals surface area contributed by atoms with Crippen LogP contribution in [-0.4, -0.2) is 40.9 Å². The highest BCUT2D eigenvalue weighted by Gasteiger charge is 2.58. The molecule has 0 aromatic carbocycles. The fraction of sp³-hybridized carbons (Fsp3) is 0.500. The highest BCUT2D eigenvalue weighted by molar-refractivity contribution is 7.20. The van der Waals surface area contributed by atoms with Crippen LogP contribution >= 0.6 is 22.2 Å². The lowest BCUT2D eigenvalue weighted by Crippen LogP contribution is -2.62. The Morgan fingerprint density at radius 1 is 0.355 bits per heavy atom. The average molecular weight is 546 g/mol. The summed E-state index contributed by atoms with van der Waals surface area (Å²) in [6, 6.07) is 8.73. The molecule has 5 aliphatic rings. The van der Waals surface area contributed by atoms with Gasteiger partial charge in [0, 0.05) is 36.3 Å². The molecule has 0 aromatic heterocycles. The second-order valence-electron chi connectivity index (χ2n) is 9.30. The molecule has 0 saturated heterocycles. The number of hydrogen-bond acceptors (Lipinski definition) is 4. The Labute approximate surface area is 200 Å². The number of halogens is 2. The molecule has 0 amide bonds. The predicted octanol–water partition coefficient (Wildman–Crippen LogP) is 6.59. The van der Waals surface area contributed by atoms with Gasteiger partial charge >= 0.3 is 25.7 Å². The van der Waals surface area contributed by atoms with E-state index in [0.29, 0.717) is 0 Å². The Morgan fingerprint density at radius 3 is 0.871 bits per heavy atom. The minimum Gasteiger partial charge on any atom is -0.423 e. The molecule has 5 aliphatic heterocycles. The second kappa shape index (κ2) is 8.77. The van der Waals surface area contributed by atoms with Crippen molar-refractivity contribution in [2.45, 2.75) is 60.4 Å². The summed E-state index contributed by atoms with van der Waals surface area (Å²) in [5.74, 6) is 0. The Morgan fingerprint density at radius 2 is 0.581 bits per heavy atom. The lowest BCUT2D eigenvalue weighted by molar-refractivity contribution is 0.288. The van der Waals surface area contributed by atoms with E-state index >= 15 is 0 Å². The molecular formula is C20H30Cl2O4Si5. The molecule has 5 rings (SSSR count). The zero-order valence-corrected chi connectivity index (χ0v) is 24.2. The Hall–Kier alpha value is 0.204. The first-order valence-electron chi connectivity index (χ1n) is 11.3. The van der Waals surface area contributed by atoms with Gasteiger partial charge in [0.05, 0.1) is 0 Å². The predicted molar refractivity (Wildman–Crippen MR) is 139 cm³/mol. The molecule has 0 fully saturated rings. The third-order valence-electron chi connectivity index (χ3n) is 6.58. The zero-order valence-electron chi connectivity index (χ0n) is 17.7. The maximum atomic E-state index is 7.17. The molecule has 0 N–H and O–H groups in total. The topological polar surface area (TPSA) is 36.9 Å². The van der Waals surface area contributed by atoms with Crippen molar-refractivity contribution in [3.05, 3.63) is 60.8 Å². The van der Waals surface area contributed by atoms with Gasteiger partial charge in [-0.15, -0.1) is 22.2 Å². The van der Waals surface area contributed by atoms with E-state index in [2.05, 4.69) is 60.8 Å². The first-order chi connectivity index (χ1) is 14.9. The maximum Gasteiger partial charge on any atom is 0.328 e. The minimum absolute atomic E-state index is 0.868. The number of rotatable bonds is 8. The van der Waals surface area contributed by atoms with Gasteiger partial charge in [0.2, 0.25) is 0 Å². The summed E-state index contributed by atoms with van der Waals surface area (Å²) < 4.78 is 28.0. The Balaban J connectivity index is 1.37. The second-order valence-corrected chi connectivity index (χ2v) is 29.8. The highest BCUT2D eigenvalue weighted by atomic mass is 35.6. The monoisotopic (exact) mass is 544 g/mol. The third-order valence-corrected chi connectivity index (χ3v) is 30.2. The van der Waals surface area contributed by atoms with Gasteiger partial charge in [-0.1, -0.05) is 60.8 Å². The summed E-state index contributed by atoms with van der Waals surface area (Å²) in [5.41, 5.74) is 0. The molecule has 0 aliphatic carbocycles. The largest absolute Gasteiger partial charge is 0.423 e. The summed E-state index contributed by atoms with van der Waals surface area (Å²) in [6.07, 6.45) is 22.0. The first-order valence-corrected chi connectivity index (χ1v) is 24.7. The van der Waals surface area contributed by atoms with Crippen LogP contribution in [0, 0.1) is 0 Å². The summed E-state index contributed by atoms with van der Waals surface area (Å²) in [4.78, 5) is 0. The normalized spacial score (nSPS) is 30.1. The van der Waals surface area contributed by atoms with Gasteiger partial charge in [-0.2, -0.15) is 0 Å². The van der Waals surface area contributed by atoms with Crippen LogP contribution in [0.4, 0.5) is 0 Å². The quantitative estimate of drug-likeness (QED) is 0.196. The lowest BCUT2D eigenvalue weighted by Gasteiger charge is -2.45. The number of allylic oxidation sites excluding steroid dienone is 10. The summed E-state index contributed by atoms with van der Waals surface area (Å²) in [7, 11) is -12.1. The van der Waals surface area contributed by atoms with Crippen molar-refractivity contribution < 1.29 is 16.5 Å². The van der Waals surface area contributed by atoms with Crippen LogP contribution in [0.5, 0.6) is 0 Å². The molecular weight excluding hydrogens is 516 g/mol. The molecule has 31 heavy (non-hydrogen) atoms. The van der Waals surface area contributed by atoms with Gasteiger partial charge in [0.1, 0.15) is 0 Å². The summed E-state index contributed by atoms with van der Waals surface area (Å²) in [5, 5.41) is 0. The van der Waals surface area contributed by atoms with Gasteiger partial charge in [-0.3, -0.25) is 0 Å². The van der Waals surface area contributed by atoms with E-state index in [1.807, 2.05) is 0 Å². The molecule has 0 radical (unpaired) electrons. The Bertz CT molecular complexity index is 759. The molecule has 0 unspecified atom stereocenters. The molecule has 168 valence electrons. The van der Waals surface area contributed by atoms with Crippen molar-refractivity contribution in [3.8, 4) is 0 Å². The summed E-state index contributed by atoms with van der Waals surface area (Å²) in [6.45, 7) is 0. The van der Waals surface area contributed by atoms with E-state index in [1.165, 1.54) is 0 Å². The molecule has 0 aromatic rings. The van der Waals surface area contributed by atoms with Crippen LogP contribution in [0.3, 0.4) is 0 Å². The minimum atomic E-state index is -2.55. The molecule has 11 heteroatoms. The van der Waals surface area contributed by atoms with E-state index in [1.54, 1.807) is 0 Å².